The van der Waals surface area contributed by atoms with Gasteiger partial charge >= 0.3 is 0 Å². The van der Waals surface area contributed by atoms with E-state index in [1.807, 2.05) is 18.3 Å². The third-order valence-electron chi connectivity index (χ3n) is 5.06. The number of rotatable bonds is 2. The van der Waals surface area contributed by atoms with Gasteiger partial charge in [-0.25, -0.2) is 0 Å². The highest BCUT2D eigenvalue weighted by Crippen LogP contribution is 2.34. The number of benzene rings is 1. The molecule has 4 rings (SSSR count). The Balaban J connectivity index is 1.69. The zero-order valence-corrected chi connectivity index (χ0v) is 13.0. The van der Waals surface area contributed by atoms with Gasteiger partial charge in [0.25, 0.3) is 0 Å². The number of halogens is 1. The molecule has 1 aromatic carbocycles. The van der Waals surface area contributed by atoms with Crippen LogP contribution in [0.5, 0.6) is 0 Å². The highest BCUT2D eigenvalue weighted by molar-refractivity contribution is 6.31. The van der Waals surface area contributed by atoms with E-state index in [1.54, 1.807) is 0 Å². The Kier molecular flexibility index (Phi) is 3.27. The Labute approximate surface area is 130 Å². The zero-order valence-electron chi connectivity index (χ0n) is 12.2. The predicted octanol–water partition coefficient (Wildman–Crippen LogP) is 3.61. The van der Waals surface area contributed by atoms with Crippen LogP contribution in [0.25, 0.3) is 10.9 Å². The second-order valence-electron chi connectivity index (χ2n) is 6.37. The van der Waals surface area contributed by atoms with Gasteiger partial charge < -0.3 is 10.2 Å². The number of nitrogens with one attached hydrogen (secondary N) is 1. The molecule has 2 saturated heterocycles. The Morgan fingerprint density at radius 2 is 1.95 bits per heavy atom. The van der Waals surface area contributed by atoms with Crippen molar-refractivity contribution in [1.82, 2.24) is 10.3 Å². The molecule has 2 aliphatic heterocycles. The third kappa shape index (κ3) is 2.39. The molecular weight excluding hydrogens is 282 g/mol. The first-order valence-electron chi connectivity index (χ1n) is 7.74. The lowest BCUT2D eigenvalue weighted by atomic mass is 9.97. The maximum absolute atomic E-state index is 6.08. The number of hydrogen-bond acceptors (Lipinski definition) is 3. The van der Waals surface area contributed by atoms with Crippen molar-refractivity contribution in [2.45, 2.75) is 43.8 Å². The van der Waals surface area contributed by atoms with Crippen LogP contribution >= 0.6 is 11.6 Å². The number of fused-ring (bicyclic) bond motifs is 3. The molecule has 0 saturated carbocycles. The van der Waals surface area contributed by atoms with Gasteiger partial charge in [0, 0.05) is 47.5 Å². The lowest BCUT2D eigenvalue weighted by molar-refractivity contribution is 0.355. The van der Waals surface area contributed by atoms with Crippen LogP contribution in [0, 0.1) is 0 Å². The summed E-state index contributed by atoms with van der Waals surface area (Å²) in [5.41, 5.74) is 2.24. The molecule has 3 heterocycles. The molecule has 0 radical (unpaired) electrons. The maximum atomic E-state index is 6.08. The summed E-state index contributed by atoms with van der Waals surface area (Å²) in [4.78, 5) is 6.90. The van der Waals surface area contributed by atoms with Crippen LogP contribution in [-0.4, -0.2) is 30.2 Å². The van der Waals surface area contributed by atoms with Crippen LogP contribution in [0.15, 0.2) is 30.5 Å². The van der Waals surface area contributed by atoms with E-state index in [-0.39, 0.29) is 0 Å². The molecule has 0 amide bonds. The van der Waals surface area contributed by atoms with E-state index in [2.05, 4.69) is 34.4 Å². The fourth-order valence-electron chi connectivity index (χ4n) is 3.95. The zero-order chi connectivity index (χ0) is 14.4. The number of anilines is 1. The highest BCUT2D eigenvalue weighted by Gasteiger charge is 2.35. The first kappa shape index (κ1) is 13.4. The summed E-state index contributed by atoms with van der Waals surface area (Å²) in [5.74, 6) is 0. The topological polar surface area (TPSA) is 28.2 Å². The summed E-state index contributed by atoms with van der Waals surface area (Å²) >= 11 is 6.08. The molecule has 3 nitrogen and oxygen atoms in total. The molecule has 4 heteroatoms. The summed E-state index contributed by atoms with van der Waals surface area (Å²) in [6.45, 7) is 0. The first-order valence-corrected chi connectivity index (χ1v) is 8.11. The van der Waals surface area contributed by atoms with E-state index in [9.17, 15) is 0 Å². The smallest absolute Gasteiger partial charge is 0.0737 e. The van der Waals surface area contributed by atoms with Crippen molar-refractivity contribution in [3.63, 3.8) is 0 Å². The normalized spacial score (nSPS) is 28.0. The maximum Gasteiger partial charge on any atom is 0.0737 e. The van der Waals surface area contributed by atoms with Crippen LogP contribution in [0.4, 0.5) is 5.69 Å². The molecule has 2 bridgehead atoms. The highest BCUT2D eigenvalue weighted by atomic mass is 35.5. The van der Waals surface area contributed by atoms with Gasteiger partial charge in [-0.1, -0.05) is 11.6 Å². The average molecular weight is 302 g/mol. The molecule has 2 atom stereocenters. The molecule has 0 aliphatic carbocycles. The lowest BCUT2D eigenvalue weighted by Gasteiger charge is -2.37. The van der Waals surface area contributed by atoms with Crippen molar-refractivity contribution in [1.29, 1.82) is 0 Å². The van der Waals surface area contributed by atoms with Crippen molar-refractivity contribution in [2.24, 2.45) is 0 Å². The lowest BCUT2D eigenvalue weighted by Crippen LogP contribution is -2.47. The molecule has 2 fully saturated rings. The van der Waals surface area contributed by atoms with Gasteiger partial charge in [-0.15, -0.1) is 0 Å². The van der Waals surface area contributed by atoms with Crippen LogP contribution < -0.4 is 10.2 Å². The van der Waals surface area contributed by atoms with Crippen molar-refractivity contribution >= 4 is 28.2 Å². The number of piperidine rings is 1. The second kappa shape index (κ2) is 5.15. The van der Waals surface area contributed by atoms with Gasteiger partial charge in [-0.05, 0) is 49.9 Å². The van der Waals surface area contributed by atoms with E-state index in [4.69, 9.17) is 11.6 Å². The van der Waals surface area contributed by atoms with Gasteiger partial charge in [0.2, 0.25) is 0 Å². The predicted molar refractivity (Wildman–Crippen MR) is 88.1 cm³/mol. The van der Waals surface area contributed by atoms with Gasteiger partial charge in [0.1, 0.15) is 0 Å². The SMILES string of the molecule is CN(c1ccnc2cc(Cl)ccc12)C1CC2CCC(C1)N2. The van der Waals surface area contributed by atoms with E-state index in [1.165, 1.54) is 36.8 Å². The number of nitrogens with zero attached hydrogens (tertiary/aromatic N) is 2. The quantitative estimate of drug-likeness (QED) is 0.918. The summed E-state index contributed by atoms with van der Waals surface area (Å²) in [7, 11) is 2.22. The Morgan fingerprint density at radius 1 is 1.19 bits per heavy atom. The Hall–Kier alpha value is -1.32. The summed E-state index contributed by atoms with van der Waals surface area (Å²) in [6.07, 6.45) is 7.04. The molecular formula is C17H20ClN3. The Morgan fingerprint density at radius 3 is 2.71 bits per heavy atom. The Bertz CT molecular complexity index is 660. The van der Waals surface area contributed by atoms with Gasteiger partial charge in [0.15, 0.2) is 0 Å². The van der Waals surface area contributed by atoms with E-state index >= 15 is 0 Å². The van der Waals surface area contributed by atoms with Crippen LogP contribution in [0.1, 0.15) is 25.7 Å². The molecule has 1 aromatic heterocycles. The number of hydrogen-bond donors (Lipinski definition) is 1. The van der Waals surface area contributed by atoms with Crippen molar-refractivity contribution in [3.05, 3.63) is 35.5 Å². The fourth-order valence-corrected chi connectivity index (χ4v) is 4.12. The van der Waals surface area contributed by atoms with E-state index < -0.39 is 0 Å². The largest absolute Gasteiger partial charge is 0.371 e. The molecule has 1 N–H and O–H groups in total. The molecule has 2 unspecified atom stereocenters. The minimum atomic E-state index is 0.616. The third-order valence-corrected chi connectivity index (χ3v) is 5.29. The van der Waals surface area contributed by atoms with Crippen LogP contribution in [0.3, 0.4) is 0 Å². The summed E-state index contributed by atoms with van der Waals surface area (Å²) < 4.78 is 0. The van der Waals surface area contributed by atoms with Gasteiger partial charge in [-0.3, -0.25) is 4.98 Å². The van der Waals surface area contributed by atoms with Crippen LogP contribution in [0.2, 0.25) is 5.02 Å². The van der Waals surface area contributed by atoms with Crippen molar-refractivity contribution in [3.8, 4) is 0 Å². The monoisotopic (exact) mass is 301 g/mol. The summed E-state index contributed by atoms with van der Waals surface area (Å²) in [6, 6.07) is 10.1. The van der Waals surface area contributed by atoms with Gasteiger partial charge in [0.05, 0.1) is 5.52 Å². The molecule has 2 aliphatic rings. The number of pyridine rings is 1. The molecule has 21 heavy (non-hydrogen) atoms. The van der Waals surface area contributed by atoms with E-state index in [0.717, 1.165) is 10.5 Å². The average Bonchev–Trinajstić information content (AvgIpc) is 2.84. The van der Waals surface area contributed by atoms with E-state index in [0.29, 0.717) is 18.1 Å². The molecule has 2 aromatic rings. The molecule has 0 spiro atoms. The first-order chi connectivity index (χ1) is 10.2. The number of aromatic nitrogens is 1. The van der Waals surface area contributed by atoms with Gasteiger partial charge in [-0.2, -0.15) is 0 Å². The van der Waals surface area contributed by atoms with Crippen molar-refractivity contribution in [2.75, 3.05) is 11.9 Å². The fraction of sp³-hybridized carbons (Fsp3) is 0.471. The summed E-state index contributed by atoms with van der Waals surface area (Å²) in [5, 5.41) is 5.65. The minimum absolute atomic E-state index is 0.616. The standard InChI is InChI=1S/C17H20ClN3/c1-21(14-9-12-3-4-13(10-14)20-12)17-6-7-19-16-8-11(18)2-5-15(16)17/h2,5-8,12-14,20H,3-4,9-10H2,1H3. The van der Waals surface area contributed by atoms with Crippen molar-refractivity contribution < 1.29 is 0 Å². The van der Waals surface area contributed by atoms with Crippen LogP contribution in [-0.2, 0) is 0 Å². The molecule has 110 valence electrons. The second-order valence-corrected chi connectivity index (χ2v) is 6.80. The minimum Gasteiger partial charge on any atom is -0.371 e.